The van der Waals surface area contributed by atoms with E-state index < -0.39 is 0 Å². The van der Waals surface area contributed by atoms with Crippen molar-refractivity contribution in [2.45, 2.75) is 11.5 Å². The Morgan fingerprint density at radius 2 is 1.67 bits per heavy atom. The van der Waals surface area contributed by atoms with E-state index in [2.05, 4.69) is 38.1 Å². The zero-order valence-electron chi connectivity index (χ0n) is 11.2. The number of hydrogen-bond donors (Lipinski definition) is 2. The number of rotatable bonds is 4. The average Bonchev–Trinajstić information content (AvgIpc) is 2.46. The van der Waals surface area contributed by atoms with Gasteiger partial charge in [-0.3, -0.25) is 4.98 Å². The van der Waals surface area contributed by atoms with Crippen LogP contribution in [0.4, 0.5) is 11.9 Å². The van der Waals surface area contributed by atoms with Gasteiger partial charge in [-0.05, 0) is 11.6 Å². The van der Waals surface area contributed by atoms with Crippen molar-refractivity contribution < 1.29 is 0 Å². The van der Waals surface area contributed by atoms with Gasteiger partial charge in [0.1, 0.15) is 5.82 Å². The van der Waals surface area contributed by atoms with Gasteiger partial charge in [-0.15, -0.1) is 11.8 Å². The molecule has 0 saturated heterocycles. The number of para-hydroxylation sites is 1. The fourth-order valence-corrected chi connectivity index (χ4v) is 2.92. The number of aromatic nitrogens is 4. The number of nitrogens with zero attached hydrogens (tertiary/aromatic N) is 4. The van der Waals surface area contributed by atoms with E-state index in [1.165, 1.54) is 5.56 Å². The first kappa shape index (κ1) is 13.6. The van der Waals surface area contributed by atoms with Crippen LogP contribution in [0, 0.1) is 0 Å². The Morgan fingerprint density at radius 3 is 2.48 bits per heavy atom. The van der Waals surface area contributed by atoms with Crippen LogP contribution >= 0.6 is 11.8 Å². The van der Waals surface area contributed by atoms with Crippen LogP contribution in [0.15, 0.2) is 36.5 Å². The molecule has 2 aromatic heterocycles. The zero-order chi connectivity index (χ0) is 14.7. The van der Waals surface area contributed by atoms with Crippen LogP contribution in [-0.2, 0) is 11.5 Å². The summed E-state index contributed by atoms with van der Waals surface area (Å²) in [5, 5.41) is 1.14. The molecule has 7 heteroatoms. The van der Waals surface area contributed by atoms with Crippen LogP contribution in [0.25, 0.3) is 10.9 Å². The minimum absolute atomic E-state index is 0.157. The number of nitrogens with two attached hydrogens (primary N) is 2. The molecule has 0 fully saturated rings. The number of thioether (sulfide) groups is 1. The van der Waals surface area contributed by atoms with Crippen molar-refractivity contribution >= 4 is 34.6 Å². The highest BCUT2D eigenvalue weighted by Crippen LogP contribution is 2.22. The van der Waals surface area contributed by atoms with E-state index in [0.717, 1.165) is 16.7 Å². The lowest BCUT2D eigenvalue weighted by molar-refractivity contribution is 0.987. The molecule has 0 aliphatic rings. The summed E-state index contributed by atoms with van der Waals surface area (Å²) < 4.78 is 0. The first-order valence-corrected chi connectivity index (χ1v) is 7.54. The van der Waals surface area contributed by atoms with E-state index in [-0.39, 0.29) is 11.9 Å². The van der Waals surface area contributed by atoms with Gasteiger partial charge in [-0.2, -0.15) is 15.0 Å². The second kappa shape index (κ2) is 5.92. The lowest BCUT2D eigenvalue weighted by atomic mass is 10.1. The van der Waals surface area contributed by atoms with E-state index in [0.29, 0.717) is 11.6 Å². The molecule has 6 nitrogen and oxygen atoms in total. The Balaban J connectivity index is 1.72. The van der Waals surface area contributed by atoms with Crippen LogP contribution in [0.3, 0.4) is 0 Å². The van der Waals surface area contributed by atoms with Crippen LogP contribution in [0.2, 0.25) is 0 Å². The van der Waals surface area contributed by atoms with Gasteiger partial charge >= 0.3 is 0 Å². The van der Waals surface area contributed by atoms with E-state index in [9.17, 15) is 0 Å². The van der Waals surface area contributed by atoms with Gasteiger partial charge in [-0.1, -0.05) is 24.3 Å². The zero-order valence-corrected chi connectivity index (χ0v) is 12.0. The third-order valence-electron chi connectivity index (χ3n) is 2.92. The largest absolute Gasteiger partial charge is 0.368 e. The molecule has 0 spiro atoms. The molecule has 0 bridgehead atoms. The van der Waals surface area contributed by atoms with Crippen molar-refractivity contribution in [2.24, 2.45) is 0 Å². The molecule has 3 aromatic rings. The summed E-state index contributed by atoms with van der Waals surface area (Å²) in [5.74, 6) is 2.35. The van der Waals surface area contributed by atoms with E-state index in [1.807, 2.05) is 18.3 Å². The van der Waals surface area contributed by atoms with E-state index in [4.69, 9.17) is 11.5 Å². The van der Waals surface area contributed by atoms with E-state index in [1.54, 1.807) is 11.8 Å². The van der Waals surface area contributed by atoms with Crippen LogP contribution in [0.1, 0.15) is 11.4 Å². The Bertz CT molecular complexity index is 751. The third kappa shape index (κ3) is 3.19. The highest BCUT2D eigenvalue weighted by molar-refractivity contribution is 7.97. The molecule has 0 amide bonds. The van der Waals surface area contributed by atoms with Crippen LogP contribution in [0.5, 0.6) is 0 Å². The number of benzene rings is 1. The van der Waals surface area contributed by atoms with E-state index >= 15 is 0 Å². The lowest BCUT2D eigenvalue weighted by Crippen LogP contribution is -2.06. The highest BCUT2D eigenvalue weighted by Gasteiger charge is 2.05. The molecule has 0 aliphatic carbocycles. The van der Waals surface area contributed by atoms with Gasteiger partial charge in [0.2, 0.25) is 11.9 Å². The molecule has 106 valence electrons. The summed E-state index contributed by atoms with van der Waals surface area (Å²) in [6, 6.07) is 10.2. The monoisotopic (exact) mass is 298 g/mol. The minimum Gasteiger partial charge on any atom is -0.368 e. The summed E-state index contributed by atoms with van der Waals surface area (Å²) in [6.45, 7) is 0. The normalized spacial score (nSPS) is 10.9. The molecule has 0 aliphatic heterocycles. The standard InChI is InChI=1S/C14H14N6S/c15-13-18-11(19-14(16)20-13)8-21-7-10-4-1-3-9-5-2-6-17-12(9)10/h1-6H,7-8H2,(H4,15,16,18,19,20). The number of fused-ring (bicyclic) bond motifs is 1. The predicted molar refractivity (Wildman–Crippen MR) is 85.4 cm³/mol. The number of pyridine rings is 1. The summed E-state index contributed by atoms with van der Waals surface area (Å²) in [4.78, 5) is 16.3. The van der Waals surface area contributed by atoms with Crippen molar-refractivity contribution in [3.63, 3.8) is 0 Å². The quantitative estimate of drug-likeness (QED) is 0.759. The van der Waals surface area contributed by atoms with Crippen molar-refractivity contribution in [2.75, 3.05) is 11.5 Å². The molecular weight excluding hydrogens is 284 g/mol. The highest BCUT2D eigenvalue weighted by atomic mass is 32.2. The van der Waals surface area contributed by atoms with Gasteiger partial charge in [0.15, 0.2) is 0 Å². The van der Waals surface area contributed by atoms with Crippen molar-refractivity contribution in [1.29, 1.82) is 0 Å². The Hall–Kier alpha value is -2.41. The Labute approximate surface area is 126 Å². The average molecular weight is 298 g/mol. The summed E-state index contributed by atoms with van der Waals surface area (Å²) in [6.07, 6.45) is 1.81. The first-order chi connectivity index (χ1) is 10.2. The maximum atomic E-state index is 5.56. The van der Waals surface area contributed by atoms with Gasteiger partial charge < -0.3 is 11.5 Å². The molecule has 0 atom stereocenters. The summed E-state index contributed by atoms with van der Waals surface area (Å²) in [5.41, 5.74) is 13.3. The SMILES string of the molecule is Nc1nc(N)nc(CSCc2cccc3cccnc23)n1. The molecule has 1 aromatic carbocycles. The topological polar surface area (TPSA) is 104 Å². The lowest BCUT2D eigenvalue weighted by Gasteiger charge is -2.05. The molecular formula is C14H14N6S. The van der Waals surface area contributed by atoms with Gasteiger partial charge in [-0.25, -0.2) is 0 Å². The molecule has 21 heavy (non-hydrogen) atoms. The molecule has 0 saturated carbocycles. The van der Waals surface area contributed by atoms with Crippen molar-refractivity contribution in [1.82, 2.24) is 19.9 Å². The van der Waals surface area contributed by atoms with Gasteiger partial charge in [0.05, 0.1) is 11.3 Å². The second-order valence-electron chi connectivity index (χ2n) is 4.45. The van der Waals surface area contributed by atoms with Crippen LogP contribution < -0.4 is 11.5 Å². The predicted octanol–water partition coefficient (Wildman–Crippen LogP) is 2.02. The van der Waals surface area contributed by atoms with Gasteiger partial charge in [0, 0.05) is 17.3 Å². The number of hydrogen-bond acceptors (Lipinski definition) is 7. The molecule has 4 N–H and O–H groups in total. The van der Waals surface area contributed by atoms with Crippen molar-refractivity contribution in [3.8, 4) is 0 Å². The fourth-order valence-electron chi connectivity index (χ4n) is 2.06. The second-order valence-corrected chi connectivity index (χ2v) is 5.44. The Kier molecular flexibility index (Phi) is 3.83. The van der Waals surface area contributed by atoms with Gasteiger partial charge in [0.25, 0.3) is 0 Å². The van der Waals surface area contributed by atoms with Crippen molar-refractivity contribution in [3.05, 3.63) is 47.9 Å². The number of anilines is 2. The minimum atomic E-state index is 0.157. The Morgan fingerprint density at radius 1 is 0.905 bits per heavy atom. The fraction of sp³-hybridized carbons (Fsp3) is 0.143. The first-order valence-electron chi connectivity index (χ1n) is 6.38. The summed E-state index contributed by atoms with van der Waals surface area (Å²) in [7, 11) is 0. The maximum Gasteiger partial charge on any atom is 0.225 e. The molecule has 2 heterocycles. The smallest absolute Gasteiger partial charge is 0.225 e. The molecule has 0 unspecified atom stereocenters. The molecule has 3 rings (SSSR count). The molecule has 0 radical (unpaired) electrons. The third-order valence-corrected chi connectivity index (χ3v) is 3.90. The van der Waals surface area contributed by atoms with Crippen LogP contribution in [-0.4, -0.2) is 19.9 Å². The number of nitrogen functional groups attached to an aromatic ring is 2. The summed E-state index contributed by atoms with van der Waals surface area (Å²) >= 11 is 1.69. The maximum absolute atomic E-state index is 5.56.